The van der Waals surface area contributed by atoms with E-state index < -0.39 is 124 Å². The molecule has 12 N–H and O–H groups in total. The Morgan fingerprint density at radius 2 is 0.676 bits per heavy atom. The van der Waals surface area contributed by atoms with Crippen molar-refractivity contribution in [1.82, 2.24) is 5.32 Å². The number of carbonyl (C=O) groups excluding carboxylic acids is 1. The molecule has 0 bridgehead atoms. The first-order valence-electron chi connectivity index (χ1n) is 40.1. The van der Waals surface area contributed by atoms with Crippen LogP contribution < -0.4 is 5.32 Å². The molecule has 0 aromatic carbocycles. The summed E-state index contributed by atoms with van der Waals surface area (Å²) in [5.41, 5.74) is 0. The van der Waals surface area contributed by atoms with Gasteiger partial charge in [-0.15, -0.1) is 0 Å². The molecule has 588 valence electrons. The number of aliphatic hydroxyl groups excluding tert-OH is 11. The predicted molar refractivity (Wildman–Crippen MR) is 406 cm³/mol. The van der Waals surface area contributed by atoms with Gasteiger partial charge < -0.3 is 89.9 Å². The highest BCUT2D eigenvalue weighted by Crippen LogP contribution is 2.33. The van der Waals surface area contributed by atoms with Crippen LogP contribution in [0.2, 0.25) is 0 Å². The van der Waals surface area contributed by atoms with Crippen molar-refractivity contribution in [2.45, 2.75) is 381 Å². The molecule has 19 nitrogen and oxygen atoms in total. The molecule has 17 unspecified atom stereocenters. The molecule has 0 aromatic heterocycles. The van der Waals surface area contributed by atoms with E-state index >= 15 is 0 Å². The van der Waals surface area contributed by atoms with Gasteiger partial charge in [0.15, 0.2) is 18.9 Å². The third-order valence-corrected chi connectivity index (χ3v) is 19.4. The van der Waals surface area contributed by atoms with Crippen molar-refractivity contribution in [3.8, 4) is 0 Å². The highest BCUT2D eigenvalue weighted by atomic mass is 16.8. The van der Waals surface area contributed by atoms with Crippen LogP contribution in [0.5, 0.6) is 0 Å². The first-order chi connectivity index (χ1) is 49.8. The zero-order valence-electron chi connectivity index (χ0n) is 62.8. The number of amides is 1. The fourth-order valence-electron chi connectivity index (χ4n) is 13.0. The number of ether oxygens (including phenoxy) is 6. The summed E-state index contributed by atoms with van der Waals surface area (Å²) in [5, 5.41) is 121. The highest BCUT2D eigenvalue weighted by Gasteiger charge is 2.54. The van der Waals surface area contributed by atoms with Crippen molar-refractivity contribution in [3.05, 3.63) is 109 Å². The van der Waals surface area contributed by atoms with Gasteiger partial charge in [0.25, 0.3) is 0 Å². The first kappa shape index (κ1) is 92.7. The Labute approximate surface area is 615 Å². The number of nitrogens with one attached hydrogen (secondary N) is 1. The van der Waals surface area contributed by atoms with Gasteiger partial charge in [0, 0.05) is 6.42 Å². The molecule has 0 radical (unpaired) electrons. The summed E-state index contributed by atoms with van der Waals surface area (Å²) < 4.78 is 34.5. The predicted octanol–water partition coefficient (Wildman–Crippen LogP) is 13.3. The standard InChI is InChI=1S/C83H143NO18/c1-3-5-7-9-11-13-15-17-19-21-22-23-24-25-26-27-28-29-30-31-32-33-34-35-36-37-38-39-40-41-42-43-44-45-47-49-51-53-55-57-59-61-71(89)84-66(67(88)60-58-56-54-52-50-48-46-20-18-16-14-12-10-8-6-4-2)65-97-81-77(95)74(92)79(69(63-86)99-81)102-83-78(96)75(93)80(70(64-87)100-83)101-82-76(94)73(91)72(90)68(62-85)98-82/h5,7,11,13,17,19,22-23,25-26,28-29,31-32,34-35,37-38,66-70,72-83,85-88,90-96H,3-4,6,8-10,12,14-16,18,20-21,24,27,30,33,36,39-65H2,1-2H3,(H,84,89)/b7-5-,13-11-,19-17-,23-22-,26-25-,29-28-,32-31-,35-34-,38-37-. The Balaban J connectivity index is 1.31. The van der Waals surface area contributed by atoms with E-state index in [0.717, 1.165) is 109 Å². The van der Waals surface area contributed by atoms with Gasteiger partial charge >= 0.3 is 0 Å². The monoisotopic (exact) mass is 1440 g/mol. The fourth-order valence-corrected chi connectivity index (χ4v) is 13.0. The number of rotatable bonds is 62. The first-order valence-corrected chi connectivity index (χ1v) is 40.1. The van der Waals surface area contributed by atoms with E-state index in [1.165, 1.54) is 135 Å². The topological polar surface area (TPSA) is 307 Å². The Morgan fingerprint density at radius 1 is 0.363 bits per heavy atom. The molecular weight excluding hydrogens is 1300 g/mol. The number of aliphatic hydroxyl groups is 11. The van der Waals surface area contributed by atoms with Gasteiger partial charge in [0.2, 0.25) is 5.91 Å². The van der Waals surface area contributed by atoms with E-state index in [-0.39, 0.29) is 18.9 Å². The second kappa shape index (κ2) is 62.5. The molecule has 19 heteroatoms. The SMILES string of the molecule is CC/C=C\C/C=C\C/C=C\C/C=C\C/C=C\C/C=C\C/C=C\C/C=C\C/C=C\CCCCCCCCCCCCCCCC(=O)NC(COC1OC(CO)C(OC2OC(CO)C(OC3OC(CO)C(O)C(O)C3O)C(O)C2O)C(O)C1O)C(O)CCCCCCCCCCCCCCCCCC. The van der Waals surface area contributed by atoms with Gasteiger partial charge in [-0.2, -0.15) is 0 Å². The highest BCUT2D eigenvalue weighted by molar-refractivity contribution is 5.76. The third-order valence-electron chi connectivity index (χ3n) is 19.4. The second-order valence-corrected chi connectivity index (χ2v) is 28.2. The lowest BCUT2D eigenvalue weighted by atomic mass is 9.96. The van der Waals surface area contributed by atoms with Crippen LogP contribution in [0.1, 0.15) is 277 Å². The van der Waals surface area contributed by atoms with Crippen LogP contribution in [-0.4, -0.2) is 193 Å². The maximum Gasteiger partial charge on any atom is 0.220 e. The molecule has 0 aromatic rings. The van der Waals surface area contributed by atoms with E-state index in [9.17, 15) is 61.0 Å². The average Bonchev–Trinajstić information content (AvgIpc) is 0.755. The number of hydrogen-bond acceptors (Lipinski definition) is 18. The summed E-state index contributed by atoms with van der Waals surface area (Å²) in [7, 11) is 0. The lowest BCUT2D eigenvalue weighted by molar-refractivity contribution is -0.379. The molecule has 3 heterocycles. The maximum atomic E-state index is 13.5. The summed E-state index contributed by atoms with van der Waals surface area (Å²) in [6.45, 7) is 1.69. The Bertz CT molecular complexity index is 2270. The summed E-state index contributed by atoms with van der Waals surface area (Å²) in [4.78, 5) is 13.5. The largest absolute Gasteiger partial charge is 0.394 e. The smallest absolute Gasteiger partial charge is 0.220 e. The van der Waals surface area contributed by atoms with Crippen LogP contribution in [0.3, 0.4) is 0 Å². The van der Waals surface area contributed by atoms with Crippen LogP contribution in [0.25, 0.3) is 0 Å². The summed E-state index contributed by atoms with van der Waals surface area (Å²) in [6.07, 6.45) is 58.9. The zero-order valence-corrected chi connectivity index (χ0v) is 62.8. The van der Waals surface area contributed by atoms with Crippen LogP contribution in [0.15, 0.2) is 109 Å². The minimum atomic E-state index is -1.98. The quantitative estimate of drug-likeness (QED) is 0.0199. The number of hydrogen-bond donors (Lipinski definition) is 12. The summed E-state index contributed by atoms with van der Waals surface area (Å²) in [5.74, 6) is -0.246. The molecule has 3 fully saturated rings. The lowest BCUT2D eigenvalue weighted by Crippen LogP contribution is -2.66. The molecule has 3 rings (SSSR count). The molecule has 17 atom stereocenters. The normalized spacial score (nSPS) is 26.8. The van der Waals surface area contributed by atoms with E-state index in [0.29, 0.717) is 12.8 Å². The van der Waals surface area contributed by atoms with Crippen LogP contribution >= 0.6 is 0 Å². The molecule has 0 saturated carbocycles. The maximum absolute atomic E-state index is 13.5. The molecule has 0 aliphatic carbocycles. The second-order valence-electron chi connectivity index (χ2n) is 28.2. The summed E-state index contributed by atoms with van der Waals surface area (Å²) in [6, 6.07) is -0.894. The number of carbonyl (C=O) groups is 1. The molecule has 3 aliphatic heterocycles. The van der Waals surface area contributed by atoms with E-state index in [4.69, 9.17) is 28.4 Å². The van der Waals surface area contributed by atoms with Crippen molar-refractivity contribution in [2.75, 3.05) is 26.4 Å². The molecular formula is C83H143NO18. The Morgan fingerprint density at radius 3 is 1.06 bits per heavy atom. The summed E-state index contributed by atoms with van der Waals surface area (Å²) >= 11 is 0. The van der Waals surface area contributed by atoms with E-state index in [2.05, 4.69) is 129 Å². The van der Waals surface area contributed by atoms with Crippen molar-refractivity contribution in [1.29, 1.82) is 0 Å². The third kappa shape index (κ3) is 42.1. The van der Waals surface area contributed by atoms with Gasteiger partial charge in [0.05, 0.1) is 38.6 Å². The minimum absolute atomic E-state index is 0.246. The van der Waals surface area contributed by atoms with Crippen molar-refractivity contribution >= 4 is 5.91 Å². The molecule has 3 saturated heterocycles. The molecule has 102 heavy (non-hydrogen) atoms. The van der Waals surface area contributed by atoms with Crippen LogP contribution in [0.4, 0.5) is 0 Å². The fraction of sp³-hybridized carbons (Fsp3) is 0.771. The van der Waals surface area contributed by atoms with Crippen molar-refractivity contribution in [2.24, 2.45) is 0 Å². The van der Waals surface area contributed by atoms with Crippen molar-refractivity contribution < 1.29 is 89.4 Å². The van der Waals surface area contributed by atoms with Gasteiger partial charge in [-0.05, 0) is 83.5 Å². The lowest BCUT2D eigenvalue weighted by Gasteiger charge is -2.48. The number of allylic oxidation sites excluding steroid dienone is 18. The molecule has 3 aliphatic rings. The van der Waals surface area contributed by atoms with Crippen molar-refractivity contribution in [3.63, 3.8) is 0 Å². The average molecular weight is 1440 g/mol. The van der Waals surface area contributed by atoms with Gasteiger partial charge in [0.1, 0.15) is 73.2 Å². The van der Waals surface area contributed by atoms with E-state index in [1.54, 1.807) is 0 Å². The van der Waals surface area contributed by atoms with E-state index in [1.807, 2.05) is 0 Å². The molecule has 0 spiro atoms. The molecule has 1 amide bonds. The van der Waals surface area contributed by atoms with Gasteiger partial charge in [-0.1, -0.05) is 297 Å². The number of unbranched alkanes of at least 4 members (excludes halogenated alkanes) is 28. The van der Waals surface area contributed by atoms with Gasteiger partial charge in [-0.25, -0.2) is 0 Å². The van der Waals surface area contributed by atoms with Crippen LogP contribution in [0, 0.1) is 0 Å². The minimum Gasteiger partial charge on any atom is -0.394 e. The Kier molecular flexibility index (Phi) is 56.8. The van der Waals surface area contributed by atoms with Gasteiger partial charge in [-0.3, -0.25) is 4.79 Å². The Hall–Kier alpha value is -3.55. The zero-order chi connectivity index (χ0) is 73.9. The van der Waals surface area contributed by atoms with Crippen LogP contribution in [-0.2, 0) is 33.2 Å².